The minimum Gasteiger partial charge on any atom is -0.388 e. The van der Waals surface area contributed by atoms with Crippen molar-refractivity contribution in [3.8, 4) is 11.4 Å². The van der Waals surface area contributed by atoms with Gasteiger partial charge in [0.1, 0.15) is 0 Å². The first-order valence-electron chi connectivity index (χ1n) is 9.77. The molecular formula is C23H19F3N4OS. The Balaban J connectivity index is 1.54. The predicted octanol–water partition coefficient (Wildman–Crippen LogP) is 5.23. The first kappa shape index (κ1) is 22.0. The molecule has 2 heterocycles. The summed E-state index contributed by atoms with van der Waals surface area (Å²) >= 11 is 1.29. The van der Waals surface area contributed by atoms with E-state index >= 15 is 0 Å². The zero-order chi connectivity index (χ0) is 22.6. The van der Waals surface area contributed by atoms with Gasteiger partial charge < -0.3 is 5.11 Å². The largest absolute Gasteiger partial charge is 0.416 e. The van der Waals surface area contributed by atoms with Crippen molar-refractivity contribution >= 4 is 11.8 Å². The zero-order valence-corrected chi connectivity index (χ0v) is 17.6. The van der Waals surface area contributed by atoms with Crippen LogP contribution in [-0.2, 0) is 12.7 Å². The summed E-state index contributed by atoms with van der Waals surface area (Å²) in [4.78, 5) is 4.15. The number of aliphatic hydroxyl groups is 1. The van der Waals surface area contributed by atoms with Crippen LogP contribution in [0.1, 0.15) is 22.8 Å². The Morgan fingerprint density at radius 3 is 2.34 bits per heavy atom. The molecule has 0 aliphatic rings. The molecule has 1 N–H and O–H groups in total. The molecule has 9 heteroatoms. The van der Waals surface area contributed by atoms with Crippen LogP contribution in [0.25, 0.3) is 11.4 Å². The van der Waals surface area contributed by atoms with Crippen molar-refractivity contribution in [1.82, 2.24) is 19.7 Å². The van der Waals surface area contributed by atoms with Crippen molar-refractivity contribution in [2.45, 2.75) is 24.0 Å². The summed E-state index contributed by atoms with van der Waals surface area (Å²) in [6.07, 6.45) is -1.98. The van der Waals surface area contributed by atoms with Gasteiger partial charge in [-0.05, 0) is 35.4 Å². The van der Waals surface area contributed by atoms with Crippen LogP contribution in [0, 0.1) is 0 Å². The van der Waals surface area contributed by atoms with Crippen LogP contribution >= 0.6 is 11.8 Å². The Bertz CT molecular complexity index is 1150. The number of thioether (sulfide) groups is 1. The van der Waals surface area contributed by atoms with Gasteiger partial charge in [-0.25, -0.2) is 0 Å². The Morgan fingerprint density at radius 2 is 1.69 bits per heavy atom. The Labute approximate surface area is 187 Å². The average Bonchev–Trinajstić information content (AvgIpc) is 3.20. The van der Waals surface area contributed by atoms with Crippen LogP contribution < -0.4 is 0 Å². The van der Waals surface area contributed by atoms with E-state index < -0.39 is 17.8 Å². The average molecular weight is 456 g/mol. The molecule has 0 saturated carbocycles. The SMILES string of the molecule is OC(CSc1nnc(-c2cccnc2)n1Cc1ccccc1)c1ccc(C(F)(F)F)cc1. The van der Waals surface area contributed by atoms with Gasteiger partial charge in [0.15, 0.2) is 11.0 Å². The first-order chi connectivity index (χ1) is 15.4. The number of aliphatic hydroxyl groups excluding tert-OH is 1. The third-order valence-electron chi connectivity index (χ3n) is 4.81. The van der Waals surface area contributed by atoms with E-state index in [0.29, 0.717) is 23.1 Å². The first-order valence-corrected chi connectivity index (χ1v) is 10.8. The molecular weight excluding hydrogens is 437 g/mol. The lowest BCUT2D eigenvalue weighted by Crippen LogP contribution is -2.07. The van der Waals surface area contributed by atoms with E-state index in [1.165, 1.54) is 23.9 Å². The fourth-order valence-corrected chi connectivity index (χ4v) is 4.06. The van der Waals surface area contributed by atoms with E-state index in [2.05, 4.69) is 15.2 Å². The predicted molar refractivity (Wildman–Crippen MR) is 116 cm³/mol. The van der Waals surface area contributed by atoms with Crippen molar-refractivity contribution in [2.24, 2.45) is 0 Å². The lowest BCUT2D eigenvalue weighted by atomic mass is 10.1. The van der Waals surface area contributed by atoms with E-state index in [1.807, 2.05) is 47.0 Å². The van der Waals surface area contributed by atoms with Crippen LogP contribution in [0.4, 0.5) is 13.2 Å². The van der Waals surface area contributed by atoms with Crippen molar-refractivity contribution < 1.29 is 18.3 Å². The molecule has 5 nitrogen and oxygen atoms in total. The number of nitrogens with zero attached hydrogens (tertiary/aromatic N) is 4. The summed E-state index contributed by atoms with van der Waals surface area (Å²) in [7, 11) is 0. The number of hydrogen-bond donors (Lipinski definition) is 1. The van der Waals surface area contributed by atoms with E-state index in [0.717, 1.165) is 23.3 Å². The third-order valence-corrected chi connectivity index (χ3v) is 5.86. The van der Waals surface area contributed by atoms with E-state index in [-0.39, 0.29) is 5.75 Å². The normalized spacial score (nSPS) is 12.6. The second-order valence-corrected chi connectivity index (χ2v) is 8.05. The lowest BCUT2D eigenvalue weighted by molar-refractivity contribution is -0.137. The monoisotopic (exact) mass is 456 g/mol. The molecule has 4 aromatic rings. The molecule has 0 bridgehead atoms. The van der Waals surface area contributed by atoms with Crippen molar-refractivity contribution in [2.75, 3.05) is 5.75 Å². The molecule has 0 aliphatic heterocycles. The molecule has 0 spiro atoms. The maximum atomic E-state index is 12.8. The lowest BCUT2D eigenvalue weighted by Gasteiger charge is -2.14. The summed E-state index contributed by atoms with van der Waals surface area (Å²) < 4.78 is 40.2. The highest BCUT2D eigenvalue weighted by atomic mass is 32.2. The fraction of sp³-hybridized carbons (Fsp3) is 0.174. The van der Waals surface area contributed by atoms with Gasteiger partial charge >= 0.3 is 6.18 Å². The highest BCUT2D eigenvalue weighted by Gasteiger charge is 2.30. The quantitative estimate of drug-likeness (QED) is 0.386. The minimum absolute atomic E-state index is 0.214. The number of aromatic nitrogens is 4. The summed E-state index contributed by atoms with van der Waals surface area (Å²) in [5.41, 5.74) is 1.53. The molecule has 4 rings (SSSR count). The number of alkyl halides is 3. The van der Waals surface area contributed by atoms with Gasteiger partial charge in [-0.3, -0.25) is 9.55 Å². The smallest absolute Gasteiger partial charge is 0.388 e. The molecule has 0 radical (unpaired) electrons. The Kier molecular flexibility index (Phi) is 6.57. The molecule has 0 aliphatic carbocycles. The van der Waals surface area contributed by atoms with Crippen LogP contribution in [0.3, 0.4) is 0 Å². The molecule has 1 atom stereocenters. The van der Waals surface area contributed by atoms with Gasteiger partial charge in [0.25, 0.3) is 0 Å². The van der Waals surface area contributed by atoms with E-state index in [4.69, 9.17) is 0 Å². The summed E-state index contributed by atoms with van der Waals surface area (Å²) in [6, 6.07) is 18.1. The van der Waals surface area contributed by atoms with Crippen LogP contribution in [-0.4, -0.2) is 30.6 Å². The van der Waals surface area contributed by atoms with Gasteiger partial charge in [-0.1, -0.05) is 54.2 Å². The third kappa shape index (κ3) is 5.17. The molecule has 0 fully saturated rings. The van der Waals surface area contributed by atoms with E-state index in [1.54, 1.807) is 12.4 Å². The second-order valence-electron chi connectivity index (χ2n) is 7.07. The topological polar surface area (TPSA) is 63.8 Å². The highest BCUT2D eigenvalue weighted by Crippen LogP contribution is 2.31. The number of pyridine rings is 1. The van der Waals surface area contributed by atoms with Crippen molar-refractivity contribution in [1.29, 1.82) is 0 Å². The van der Waals surface area contributed by atoms with Gasteiger partial charge in [0, 0.05) is 23.7 Å². The van der Waals surface area contributed by atoms with Crippen molar-refractivity contribution in [3.05, 3.63) is 95.8 Å². The summed E-state index contributed by atoms with van der Waals surface area (Å²) in [6.45, 7) is 0.525. The molecule has 164 valence electrons. The van der Waals surface area contributed by atoms with Gasteiger partial charge in [0.2, 0.25) is 0 Å². The maximum Gasteiger partial charge on any atom is 0.416 e. The molecule has 1 unspecified atom stereocenters. The second kappa shape index (κ2) is 9.54. The van der Waals surface area contributed by atoms with Crippen LogP contribution in [0.15, 0.2) is 84.3 Å². The maximum absolute atomic E-state index is 12.8. The van der Waals surface area contributed by atoms with Crippen LogP contribution in [0.5, 0.6) is 0 Å². The number of rotatable bonds is 7. The van der Waals surface area contributed by atoms with Crippen molar-refractivity contribution in [3.63, 3.8) is 0 Å². The molecule has 2 aromatic carbocycles. The van der Waals surface area contributed by atoms with E-state index in [9.17, 15) is 18.3 Å². The van der Waals surface area contributed by atoms with Gasteiger partial charge in [-0.15, -0.1) is 10.2 Å². The molecule has 0 amide bonds. The molecule has 0 saturated heterocycles. The summed E-state index contributed by atoms with van der Waals surface area (Å²) in [5, 5.41) is 19.7. The molecule has 2 aromatic heterocycles. The number of hydrogen-bond acceptors (Lipinski definition) is 5. The highest BCUT2D eigenvalue weighted by molar-refractivity contribution is 7.99. The number of halogens is 3. The Morgan fingerprint density at radius 1 is 0.938 bits per heavy atom. The fourth-order valence-electron chi connectivity index (χ4n) is 3.16. The van der Waals surface area contributed by atoms with Gasteiger partial charge in [-0.2, -0.15) is 13.2 Å². The zero-order valence-electron chi connectivity index (χ0n) is 16.8. The Hall–Kier alpha value is -3.17. The van der Waals surface area contributed by atoms with Gasteiger partial charge in [0.05, 0.1) is 18.2 Å². The number of benzene rings is 2. The minimum atomic E-state index is -4.41. The molecule has 32 heavy (non-hydrogen) atoms. The standard InChI is InChI=1S/C23H19F3N4OS/c24-23(25,26)19-10-8-17(9-11-19)20(31)15-32-22-29-28-21(18-7-4-12-27-13-18)30(22)14-16-5-2-1-3-6-16/h1-13,20,31H,14-15H2. The van der Waals surface area contributed by atoms with Crippen LogP contribution in [0.2, 0.25) is 0 Å². The summed E-state index contributed by atoms with van der Waals surface area (Å²) in [5.74, 6) is 0.860.